The zero-order valence-corrected chi connectivity index (χ0v) is 19.4. The summed E-state index contributed by atoms with van der Waals surface area (Å²) in [5, 5.41) is 0.831. The van der Waals surface area contributed by atoms with E-state index in [0.717, 1.165) is 54.0 Å². The van der Waals surface area contributed by atoms with Crippen molar-refractivity contribution in [3.63, 3.8) is 0 Å². The average molecular weight is 452 g/mol. The molecule has 2 aromatic heterocycles. The van der Waals surface area contributed by atoms with Crippen LogP contribution in [0.1, 0.15) is 64.8 Å². The normalized spacial score (nSPS) is 16.4. The second kappa shape index (κ2) is 9.16. The molecule has 3 heterocycles. The van der Waals surface area contributed by atoms with Gasteiger partial charge in [-0.25, -0.2) is 9.78 Å². The number of rotatable bonds is 6. The molecule has 5 rings (SSSR count). The highest BCUT2D eigenvalue weighted by Crippen LogP contribution is 2.34. The zero-order chi connectivity index (χ0) is 22.1. The van der Waals surface area contributed by atoms with Gasteiger partial charge in [0.15, 0.2) is 0 Å². The number of fused-ring (bicyclic) bond motifs is 3. The number of aryl methyl sites for hydroxylation is 2. The maximum atomic E-state index is 13.8. The summed E-state index contributed by atoms with van der Waals surface area (Å²) in [4.78, 5) is 35.4. The van der Waals surface area contributed by atoms with E-state index in [-0.39, 0.29) is 11.5 Å². The number of aromatic nitrogens is 2. The Kier molecular flexibility index (Phi) is 6.11. The van der Waals surface area contributed by atoms with Crippen LogP contribution in [0.5, 0.6) is 0 Å². The number of hydrogen-bond donors (Lipinski definition) is 0. The number of ether oxygens (including phenoxy) is 1. The maximum absolute atomic E-state index is 13.8. The number of thiophene rings is 1. The molecule has 0 amide bonds. The van der Waals surface area contributed by atoms with Crippen molar-refractivity contribution in [2.75, 3.05) is 19.7 Å². The van der Waals surface area contributed by atoms with Crippen LogP contribution in [0.2, 0.25) is 0 Å². The second-order valence-electron chi connectivity index (χ2n) is 8.71. The van der Waals surface area contributed by atoms with E-state index < -0.39 is 0 Å². The fourth-order valence-corrected chi connectivity index (χ4v) is 6.12. The van der Waals surface area contributed by atoms with E-state index in [0.29, 0.717) is 25.3 Å². The largest absolute Gasteiger partial charge is 0.462 e. The molecular formula is C25H29N3O3S. The first-order valence-electron chi connectivity index (χ1n) is 11.7. The molecule has 1 saturated heterocycles. The molecule has 0 atom stereocenters. The van der Waals surface area contributed by atoms with Crippen molar-refractivity contribution in [2.24, 2.45) is 0 Å². The van der Waals surface area contributed by atoms with Crippen LogP contribution in [0.3, 0.4) is 0 Å². The summed E-state index contributed by atoms with van der Waals surface area (Å²) in [6.07, 6.45) is 6.79. The van der Waals surface area contributed by atoms with Crippen LogP contribution in [0, 0.1) is 0 Å². The molecule has 32 heavy (non-hydrogen) atoms. The summed E-state index contributed by atoms with van der Waals surface area (Å²) >= 11 is 1.72. The van der Waals surface area contributed by atoms with Gasteiger partial charge in [0.1, 0.15) is 10.7 Å². The van der Waals surface area contributed by atoms with Gasteiger partial charge >= 0.3 is 5.97 Å². The quantitative estimate of drug-likeness (QED) is 0.527. The first-order chi connectivity index (χ1) is 15.6. The summed E-state index contributed by atoms with van der Waals surface area (Å²) in [5.74, 6) is 0.524. The molecule has 0 N–H and O–H groups in total. The SMILES string of the molecule is CCOC(=O)c1ccc(Cn2c(CN3CCCC3)nc3sc4c(c3c2=O)CCCC4)cc1. The third kappa shape index (κ3) is 4.11. The molecule has 1 aliphatic heterocycles. The van der Waals surface area contributed by atoms with Crippen molar-refractivity contribution in [1.29, 1.82) is 0 Å². The third-order valence-corrected chi connectivity index (χ3v) is 7.71. The molecule has 0 saturated carbocycles. The molecule has 0 radical (unpaired) electrons. The van der Waals surface area contributed by atoms with Crippen LogP contribution in [0.4, 0.5) is 0 Å². The molecule has 7 heteroatoms. The van der Waals surface area contributed by atoms with Crippen LogP contribution in [-0.2, 0) is 30.7 Å². The van der Waals surface area contributed by atoms with E-state index in [1.807, 2.05) is 16.7 Å². The minimum absolute atomic E-state index is 0.0815. The minimum Gasteiger partial charge on any atom is -0.462 e. The van der Waals surface area contributed by atoms with Gasteiger partial charge < -0.3 is 4.74 Å². The van der Waals surface area contributed by atoms with Gasteiger partial charge in [-0.3, -0.25) is 14.3 Å². The Bertz CT molecular complexity index is 1190. The van der Waals surface area contributed by atoms with E-state index in [9.17, 15) is 9.59 Å². The first kappa shape index (κ1) is 21.3. The Morgan fingerprint density at radius 2 is 1.81 bits per heavy atom. The van der Waals surface area contributed by atoms with Crippen LogP contribution in [-0.4, -0.2) is 40.1 Å². The van der Waals surface area contributed by atoms with E-state index >= 15 is 0 Å². The molecule has 6 nitrogen and oxygen atoms in total. The molecule has 168 valence electrons. The number of benzene rings is 1. The Morgan fingerprint density at radius 1 is 1.06 bits per heavy atom. The van der Waals surface area contributed by atoms with Gasteiger partial charge in [-0.15, -0.1) is 11.3 Å². The van der Waals surface area contributed by atoms with Crippen molar-refractivity contribution < 1.29 is 9.53 Å². The van der Waals surface area contributed by atoms with Gasteiger partial charge in [0, 0.05) is 4.88 Å². The smallest absolute Gasteiger partial charge is 0.338 e. The number of carbonyl (C=O) groups excluding carboxylic acids is 1. The lowest BCUT2D eigenvalue weighted by Crippen LogP contribution is -2.30. The predicted octanol–water partition coefficient (Wildman–Crippen LogP) is 4.16. The van der Waals surface area contributed by atoms with E-state index in [1.165, 1.54) is 29.7 Å². The van der Waals surface area contributed by atoms with E-state index in [4.69, 9.17) is 9.72 Å². The third-order valence-electron chi connectivity index (χ3n) is 6.52. The highest BCUT2D eigenvalue weighted by molar-refractivity contribution is 7.18. The summed E-state index contributed by atoms with van der Waals surface area (Å²) in [6, 6.07) is 7.37. The van der Waals surface area contributed by atoms with E-state index in [2.05, 4.69) is 4.90 Å². The monoisotopic (exact) mass is 451 g/mol. The minimum atomic E-state index is -0.320. The fourth-order valence-electron chi connectivity index (χ4n) is 4.85. The van der Waals surface area contributed by atoms with Gasteiger partial charge in [-0.1, -0.05) is 12.1 Å². The summed E-state index contributed by atoms with van der Waals surface area (Å²) in [5.41, 5.74) is 2.82. The van der Waals surface area contributed by atoms with Crippen molar-refractivity contribution in [1.82, 2.24) is 14.5 Å². The Balaban J connectivity index is 1.54. The molecule has 0 bridgehead atoms. The molecule has 0 spiro atoms. The standard InChI is InChI=1S/C25H29N3O3S/c1-2-31-25(30)18-11-9-17(10-12-18)15-28-21(16-27-13-5-6-14-27)26-23-22(24(28)29)19-7-3-4-8-20(19)32-23/h9-12H,2-8,13-16H2,1H3. The zero-order valence-electron chi connectivity index (χ0n) is 18.6. The molecule has 0 unspecified atom stereocenters. The number of hydrogen-bond acceptors (Lipinski definition) is 6. The first-order valence-corrected chi connectivity index (χ1v) is 12.5. The molecular weight excluding hydrogens is 422 g/mol. The summed E-state index contributed by atoms with van der Waals surface area (Å²) in [6.45, 7) is 5.43. The molecule has 3 aromatic rings. The Hall–Kier alpha value is -2.51. The van der Waals surface area contributed by atoms with Crippen LogP contribution in [0.15, 0.2) is 29.1 Å². The highest BCUT2D eigenvalue weighted by Gasteiger charge is 2.23. The van der Waals surface area contributed by atoms with Crippen LogP contribution < -0.4 is 5.56 Å². The summed E-state index contributed by atoms with van der Waals surface area (Å²) in [7, 11) is 0. The lowest BCUT2D eigenvalue weighted by atomic mass is 9.97. The van der Waals surface area contributed by atoms with E-state index in [1.54, 1.807) is 30.4 Å². The van der Waals surface area contributed by atoms with Gasteiger partial charge in [-0.05, 0) is 81.8 Å². The summed E-state index contributed by atoms with van der Waals surface area (Å²) < 4.78 is 6.95. The van der Waals surface area contributed by atoms with Gasteiger partial charge in [-0.2, -0.15) is 0 Å². The Labute approximate surface area is 191 Å². The number of carbonyl (C=O) groups is 1. The van der Waals surface area contributed by atoms with Crippen LogP contribution >= 0.6 is 11.3 Å². The van der Waals surface area contributed by atoms with Gasteiger partial charge in [0.2, 0.25) is 0 Å². The number of nitrogens with zero attached hydrogens (tertiary/aromatic N) is 3. The van der Waals surface area contributed by atoms with Crippen LogP contribution in [0.25, 0.3) is 10.2 Å². The second-order valence-corrected chi connectivity index (χ2v) is 9.79. The maximum Gasteiger partial charge on any atom is 0.338 e. The molecule has 1 aliphatic carbocycles. The van der Waals surface area contributed by atoms with Gasteiger partial charge in [0.25, 0.3) is 5.56 Å². The fraction of sp³-hybridized carbons (Fsp3) is 0.480. The topological polar surface area (TPSA) is 64.4 Å². The Morgan fingerprint density at radius 3 is 2.56 bits per heavy atom. The van der Waals surface area contributed by atoms with Crippen molar-refractivity contribution in [3.8, 4) is 0 Å². The lowest BCUT2D eigenvalue weighted by molar-refractivity contribution is 0.0526. The number of likely N-dealkylation sites (tertiary alicyclic amines) is 1. The predicted molar refractivity (Wildman–Crippen MR) is 127 cm³/mol. The van der Waals surface area contributed by atoms with Crippen molar-refractivity contribution in [2.45, 2.75) is 58.5 Å². The van der Waals surface area contributed by atoms with Crippen molar-refractivity contribution in [3.05, 3.63) is 62.0 Å². The number of esters is 1. The average Bonchev–Trinajstić information content (AvgIpc) is 3.44. The highest BCUT2D eigenvalue weighted by atomic mass is 32.1. The lowest BCUT2D eigenvalue weighted by Gasteiger charge is -2.19. The molecule has 1 fully saturated rings. The van der Waals surface area contributed by atoms with Crippen molar-refractivity contribution >= 4 is 27.5 Å². The molecule has 2 aliphatic rings. The molecule has 1 aromatic carbocycles. The van der Waals surface area contributed by atoms with Gasteiger partial charge in [0.05, 0.1) is 30.6 Å².